The van der Waals surface area contributed by atoms with E-state index < -0.39 is 0 Å². The van der Waals surface area contributed by atoms with Gasteiger partial charge in [0.05, 0.1) is 10.4 Å². The zero-order valence-corrected chi connectivity index (χ0v) is 11.2. The van der Waals surface area contributed by atoms with Gasteiger partial charge in [0.25, 0.3) is 5.69 Å². The van der Waals surface area contributed by atoms with E-state index in [4.69, 9.17) is 0 Å². The number of nitrogens with zero attached hydrogens (tertiary/aromatic N) is 2. The summed E-state index contributed by atoms with van der Waals surface area (Å²) < 4.78 is 0. The van der Waals surface area contributed by atoms with Gasteiger partial charge in [-0.15, -0.1) is 0 Å². The quantitative estimate of drug-likeness (QED) is 0.583. The fraction of sp³-hybridized carbons (Fsp3) is 0.0625. The van der Waals surface area contributed by atoms with Gasteiger partial charge in [0, 0.05) is 35.9 Å². The van der Waals surface area contributed by atoms with Gasteiger partial charge in [-0.1, -0.05) is 18.2 Å². The summed E-state index contributed by atoms with van der Waals surface area (Å²) >= 11 is 0. The predicted octanol–water partition coefficient (Wildman–Crippen LogP) is 3.76. The van der Waals surface area contributed by atoms with Gasteiger partial charge in [-0.2, -0.15) is 0 Å². The molecule has 0 aliphatic carbocycles. The lowest BCUT2D eigenvalue weighted by Gasteiger charge is -2.07. The fourth-order valence-electron chi connectivity index (χ4n) is 2.17. The summed E-state index contributed by atoms with van der Waals surface area (Å²) in [5, 5.41) is 15.1. The molecule has 0 fully saturated rings. The predicted molar refractivity (Wildman–Crippen MR) is 82.2 cm³/mol. The lowest BCUT2D eigenvalue weighted by atomic mass is 10.1. The molecule has 0 unspecified atom stereocenters. The molecule has 2 aromatic carbocycles. The Kier molecular flexibility index (Phi) is 3.47. The third-order valence-corrected chi connectivity index (χ3v) is 3.22. The number of nitro groups is 1. The molecule has 104 valence electrons. The Morgan fingerprint density at radius 2 is 2.00 bits per heavy atom. The van der Waals surface area contributed by atoms with Crippen LogP contribution in [0.5, 0.6) is 0 Å². The number of nitro benzene ring substituents is 1. The first kappa shape index (κ1) is 13.1. The van der Waals surface area contributed by atoms with Crippen molar-refractivity contribution in [2.75, 3.05) is 5.32 Å². The number of nitrogens with one attached hydrogen (secondary N) is 1. The Morgan fingerprint density at radius 3 is 2.86 bits per heavy atom. The summed E-state index contributed by atoms with van der Waals surface area (Å²) in [5.41, 5.74) is 2.88. The van der Waals surface area contributed by atoms with Gasteiger partial charge in [0.1, 0.15) is 0 Å². The molecule has 0 atom stereocenters. The SMILES string of the molecule is O=[N+]([O-])c1cccc(CNc2ccc3ncccc3c2)c1. The molecule has 0 bridgehead atoms. The second kappa shape index (κ2) is 5.58. The van der Waals surface area contributed by atoms with Crippen LogP contribution in [0, 0.1) is 10.1 Å². The van der Waals surface area contributed by atoms with E-state index in [0.717, 1.165) is 22.2 Å². The summed E-state index contributed by atoms with van der Waals surface area (Å²) in [7, 11) is 0. The fourth-order valence-corrected chi connectivity index (χ4v) is 2.17. The molecule has 0 amide bonds. The van der Waals surface area contributed by atoms with Crippen LogP contribution in [-0.2, 0) is 6.54 Å². The maximum atomic E-state index is 10.8. The summed E-state index contributed by atoms with van der Waals surface area (Å²) in [6.45, 7) is 0.535. The zero-order valence-electron chi connectivity index (χ0n) is 11.2. The van der Waals surface area contributed by atoms with Gasteiger partial charge in [-0.05, 0) is 29.8 Å². The number of fused-ring (bicyclic) bond motifs is 1. The molecule has 0 aliphatic heterocycles. The first-order chi connectivity index (χ1) is 10.2. The van der Waals surface area contributed by atoms with E-state index in [1.54, 1.807) is 18.3 Å². The highest BCUT2D eigenvalue weighted by atomic mass is 16.6. The molecule has 0 saturated carbocycles. The number of hydrogen-bond acceptors (Lipinski definition) is 4. The number of aromatic nitrogens is 1. The molecule has 0 radical (unpaired) electrons. The van der Waals surface area contributed by atoms with Crippen molar-refractivity contribution in [2.45, 2.75) is 6.54 Å². The molecule has 5 nitrogen and oxygen atoms in total. The molecule has 0 spiro atoms. The highest BCUT2D eigenvalue weighted by Crippen LogP contribution is 2.19. The first-order valence-electron chi connectivity index (χ1n) is 6.54. The average molecular weight is 279 g/mol. The number of benzene rings is 2. The monoisotopic (exact) mass is 279 g/mol. The van der Waals surface area contributed by atoms with Crippen molar-refractivity contribution in [3.05, 3.63) is 76.5 Å². The Labute approximate surface area is 121 Å². The largest absolute Gasteiger partial charge is 0.381 e. The number of rotatable bonds is 4. The minimum atomic E-state index is -0.384. The topological polar surface area (TPSA) is 68.1 Å². The molecule has 21 heavy (non-hydrogen) atoms. The van der Waals surface area contributed by atoms with Gasteiger partial charge in [-0.25, -0.2) is 0 Å². The minimum absolute atomic E-state index is 0.108. The molecule has 3 rings (SSSR count). The Bertz CT molecular complexity index is 802. The number of non-ortho nitro benzene ring substituents is 1. The molecule has 1 heterocycles. The van der Waals surface area contributed by atoms with Crippen LogP contribution >= 0.6 is 0 Å². The molecule has 5 heteroatoms. The number of anilines is 1. The van der Waals surface area contributed by atoms with E-state index in [2.05, 4.69) is 10.3 Å². The van der Waals surface area contributed by atoms with Gasteiger partial charge in [-0.3, -0.25) is 15.1 Å². The van der Waals surface area contributed by atoms with Crippen molar-refractivity contribution in [2.24, 2.45) is 0 Å². The number of hydrogen-bond donors (Lipinski definition) is 1. The molecular formula is C16H13N3O2. The normalized spacial score (nSPS) is 10.5. The van der Waals surface area contributed by atoms with E-state index in [1.807, 2.05) is 36.4 Å². The maximum absolute atomic E-state index is 10.8. The average Bonchev–Trinajstić information content (AvgIpc) is 2.53. The third kappa shape index (κ3) is 2.97. The lowest BCUT2D eigenvalue weighted by Crippen LogP contribution is -2.00. The highest BCUT2D eigenvalue weighted by molar-refractivity contribution is 5.82. The van der Waals surface area contributed by atoms with Gasteiger partial charge in [0.2, 0.25) is 0 Å². The molecule has 0 aliphatic rings. The van der Waals surface area contributed by atoms with Gasteiger partial charge in [0.15, 0.2) is 0 Å². The van der Waals surface area contributed by atoms with Crippen LogP contribution in [0.2, 0.25) is 0 Å². The van der Waals surface area contributed by atoms with Crippen molar-refractivity contribution in [3.63, 3.8) is 0 Å². The van der Waals surface area contributed by atoms with Crippen LogP contribution < -0.4 is 5.32 Å². The van der Waals surface area contributed by atoms with Crippen LogP contribution in [0.3, 0.4) is 0 Å². The van der Waals surface area contributed by atoms with Gasteiger partial charge >= 0.3 is 0 Å². The van der Waals surface area contributed by atoms with Crippen LogP contribution in [0.25, 0.3) is 10.9 Å². The van der Waals surface area contributed by atoms with Crippen molar-refractivity contribution in [3.8, 4) is 0 Å². The van der Waals surface area contributed by atoms with Crippen molar-refractivity contribution in [1.82, 2.24) is 4.98 Å². The van der Waals surface area contributed by atoms with E-state index in [1.165, 1.54) is 6.07 Å². The van der Waals surface area contributed by atoms with E-state index in [0.29, 0.717) is 6.54 Å². The van der Waals surface area contributed by atoms with Crippen molar-refractivity contribution in [1.29, 1.82) is 0 Å². The second-order valence-corrected chi connectivity index (χ2v) is 4.69. The number of pyridine rings is 1. The Morgan fingerprint density at radius 1 is 1.10 bits per heavy atom. The Hall–Kier alpha value is -2.95. The van der Waals surface area contributed by atoms with Crippen LogP contribution in [0.1, 0.15) is 5.56 Å². The zero-order chi connectivity index (χ0) is 14.7. The van der Waals surface area contributed by atoms with Crippen LogP contribution in [0.4, 0.5) is 11.4 Å². The molecule has 1 N–H and O–H groups in total. The van der Waals surface area contributed by atoms with E-state index in [9.17, 15) is 10.1 Å². The first-order valence-corrected chi connectivity index (χ1v) is 6.54. The molecule has 1 aromatic heterocycles. The standard InChI is InChI=1S/C16H13N3O2/c20-19(21)15-5-1-3-12(9-15)11-18-14-6-7-16-13(10-14)4-2-8-17-16/h1-10,18H,11H2. The highest BCUT2D eigenvalue weighted by Gasteiger charge is 2.05. The lowest BCUT2D eigenvalue weighted by molar-refractivity contribution is -0.384. The van der Waals surface area contributed by atoms with Gasteiger partial charge < -0.3 is 5.32 Å². The van der Waals surface area contributed by atoms with Crippen molar-refractivity contribution < 1.29 is 4.92 Å². The minimum Gasteiger partial charge on any atom is -0.381 e. The van der Waals surface area contributed by atoms with Crippen LogP contribution in [-0.4, -0.2) is 9.91 Å². The van der Waals surface area contributed by atoms with Crippen LogP contribution in [0.15, 0.2) is 60.8 Å². The van der Waals surface area contributed by atoms with Crippen molar-refractivity contribution >= 4 is 22.3 Å². The molecular weight excluding hydrogens is 266 g/mol. The summed E-state index contributed by atoms with van der Waals surface area (Å²) in [5.74, 6) is 0. The molecule has 3 aromatic rings. The second-order valence-electron chi connectivity index (χ2n) is 4.69. The van der Waals surface area contributed by atoms with E-state index in [-0.39, 0.29) is 10.6 Å². The van der Waals surface area contributed by atoms with E-state index >= 15 is 0 Å². The summed E-state index contributed by atoms with van der Waals surface area (Å²) in [4.78, 5) is 14.6. The third-order valence-electron chi connectivity index (χ3n) is 3.22. The summed E-state index contributed by atoms with van der Waals surface area (Å²) in [6, 6.07) is 16.4. The molecule has 0 saturated heterocycles. The summed E-state index contributed by atoms with van der Waals surface area (Å²) in [6.07, 6.45) is 1.76. The maximum Gasteiger partial charge on any atom is 0.269 e. The Balaban J connectivity index is 1.77. The smallest absolute Gasteiger partial charge is 0.269 e.